The first-order chi connectivity index (χ1) is 16.1. The number of fused-ring (bicyclic) bond motifs is 2. The first-order valence-electron chi connectivity index (χ1n) is 12.4. The number of carbonyl (C=O) groups is 3. The molecule has 0 heterocycles. The summed E-state index contributed by atoms with van der Waals surface area (Å²) in [6, 6.07) is 7.51. The van der Waals surface area contributed by atoms with Gasteiger partial charge in [0.25, 0.3) is 0 Å². The van der Waals surface area contributed by atoms with Gasteiger partial charge in [0.05, 0.1) is 0 Å². The molecule has 0 aromatic heterocycles. The van der Waals surface area contributed by atoms with Crippen molar-refractivity contribution in [1.29, 1.82) is 0 Å². The third-order valence-electron chi connectivity index (χ3n) is 8.70. The van der Waals surface area contributed by atoms with Crippen LogP contribution in [0.15, 0.2) is 24.3 Å². The lowest BCUT2D eigenvalue weighted by atomic mass is 9.70. The molecule has 2 atom stereocenters. The monoisotopic (exact) mass is 494 g/mol. The van der Waals surface area contributed by atoms with E-state index in [0.717, 1.165) is 46.2 Å². The molecule has 2 saturated carbocycles. The van der Waals surface area contributed by atoms with Gasteiger partial charge in [-0.2, -0.15) is 0 Å². The van der Waals surface area contributed by atoms with E-state index in [0.29, 0.717) is 22.8 Å². The Bertz CT molecular complexity index is 1140. The summed E-state index contributed by atoms with van der Waals surface area (Å²) in [4.78, 5) is 37.0. The summed E-state index contributed by atoms with van der Waals surface area (Å²) >= 11 is 0. The van der Waals surface area contributed by atoms with Gasteiger partial charge < -0.3 is 4.57 Å². The maximum absolute atomic E-state index is 12.7. The molecule has 2 unspecified atom stereocenters. The summed E-state index contributed by atoms with van der Waals surface area (Å²) < 4.78 is 12.7. The van der Waals surface area contributed by atoms with E-state index in [1.54, 1.807) is 0 Å². The van der Waals surface area contributed by atoms with Gasteiger partial charge in [0.1, 0.15) is 5.78 Å². The van der Waals surface area contributed by atoms with E-state index in [9.17, 15) is 18.9 Å². The summed E-state index contributed by atoms with van der Waals surface area (Å²) in [5, 5.41) is 0. The van der Waals surface area contributed by atoms with E-state index < -0.39 is 18.8 Å². The Morgan fingerprint density at radius 2 is 1.14 bits per heavy atom. The molecule has 2 fully saturated rings. The van der Waals surface area contributed by atoms with E-state index in [1.807, 2.05) is 65.8 Å². The third-order valence-corrected chi connectivity index (χ3v) is 10.0. The zero-order chi connectivity index (χ0) is 26.5. The predicted molar refractivity (Wildman–Crippen MR) is 143 cm³/mol. The van der Waals surface area contributed by atoms with Crippen LogP contribution in [0.3, 0.4) is 0 Å². The highest BCUT2D eigenvalue weighted by molar-refractivity contribution is 7.80. The van der Waals surface area contributed by atoms with Crippen molar-refractivity contribution in [3.05, 3.63) is 68.8 Å². The number of ketones is 1. The van der Waals surface area contributed by atoms with Crippen molar-refractivity contribution in [2.45, 2.75) is 81.6 Å². The molecule has 2 bridgehead atoms. The third kappa shape index (κ3) is 4.75. The molecule has 2 aromatic carbocycles. The van der Waals surface area contributed by atoms with Crippen LogP contribution in [0.5, 0.6) is 0 Å². The zero-order valence-electron chi connectivity index (χ0n) is 22.6. The molecule has 35 heavy (non-hydrogen) atoms. The van der Waals surface area contributed by atoms with E-state index in [2.05, 4.69) is 20.8 Å². The highest BCUT2D eigenvalue weighted by atomic mass is 31.1. The molecule has 5 heteroatoms. The molecule has 0 aliphatic heterocycles. The normalized spacial score (nSPS) is 22.2. The first kappa shape index (κ1) is 27.3. The second-order valence-electron chi connectivity index (χ2n) is 11.5. The molecule has 4 rings (SSSR count). The van der Waals surface area contributed by atoms with Crippen LogP contribution in [0.1, 0.15) is 94.1 Å². The lowest BCUT2D eigenvalue weighted by Gasteiger charge is -2.32. The number of aryl methyl sites for hydroxylation is 6. The maximum atomic E-state index is 12.7. The predicted octanol–water partition coefficient (Wildman–Crippen LogP) is 7.48. The fourth-order valence-electron chi connectivity index (χ4n) is 6.31. The molecule has 2 aromatic rings. The average molecular weight is 495 g/mol. The van der Waals surface area contributed by atoms with Gasteiger partial charge in [-0.25, -0.2) is 0 Å². The van der Waals surface area contributed by atoms with Gasteiger partial charge in [-0.3, -0.25) is 14.4 Å². The fraction of sp³-hybridized carbons (Fsp3) is 0.500. The van der Waals surface area contributed by atoms with Crippen LogP contribution in [0.25, 0.3) is 0 Å². The van der Waals surface area contributed by atoms with Crippen molar-refractivity contribution in [1.82, 2.24) is 0 Å². The molecule has 2 aliphatic rings. The quantitative estimate of drug-likeness (QED) is 0.413. The Balaban J connectivity index is 0.000000256. The van der Waals surface area contributed by atoms with Crippen LogP contribution in [0.2, 0.25) is 0 Å². The number of rotatable bonds is 4. The second kappa shape index (κ2) is 9.62. The Hall–Kier alpha value is -2.32. The lowest BCUT2D eigenvalue weighted by molar-refractivity contribution is -0.128. The molecular formula is C30H39O4P. The number of hydrogen-bond donors (Lipinski definition) is 0. The topological polar surface area (TPSA) is 68.3 Å². The van der Waals surface area contributed by atoms with Crippen molar-refractivity contribution < 1.29 is 18.9 Å². The van der Waals surface area contributed by atoms with Crippen LogP contribution in [-0.4, -0.2) is 16.8 Å². The highest BCUT2D eigenvalue weighted by Crippen LogP contribution is 2.63. The van der Waals surface area contributed by atoms with Crippen molar-refractivity contribution in [2.24, 2.45) is 16.7 Å². The van der Waals surface area contributed by atoms with Crippen LogP contribution in [0, 0.1) is 58.3 Å². The minimum atomic E-state index is -3.09. The zero-order valence-corrected chi connectivity index (χ0v) is 23.6. The first-order valence-corrected chi connectivity index (χ1v) is 13.8. The highest BCUT2D eigenvalue weighted by Gasteiger charge is 2.61. The van der Waals surface area contributed by atoms with Crippen LogP contribution in [-0.2, 0) is 9.36 Å². The van der Waals surface area contributed by atoms with E-state index in [-0.39, 0.29) is 10.8 Å². The van der Waals surface area contributed by atoms with Gasteiger partial charge in [-0.15, -0.1) is 0 Å². The van der Waals surface area contributed by atoms with Crippen LogP contribution < -0.4 is 0 Å². The molecule has 0 radical (unpaired) electrons. The van der Waals surface area contributed by atoms with Crippen molar-refractivity contribution in [2.75, 3.05) is 0 Å². The van der Waals surface area contributed by atoms with Crippen molar-refractivity contribution >= 4 is 24.6 Å². The van der Waals surface area contributed by atoms with Gasteiger partial charge >= 0.3 is 0 Å². The average Bonchev–Trinajstić information content (AvgIpc) is 3.05. The minimum Gasteiger partial charge on any atom is -0.310 e. The summed E-state index contributed by atoms with van der Waals surface area (Å²) in [5.41, 5.74) is 5.20. The molecule has 4 nitrogen and oxygen atoms in total. The minimum absolute atomic E-state index is 0.0255. The lowest BCUT2D eigenvalue weighted by Crippen LogP contribution is -2.32. The summed E-state index contributed by atoms with van der Waals surface area (Å²) in [6.07, 6.45) is 3.25. The molecule has 2 aliphatic carbocycles. The number of carbonyl (C=O) groups excluding carboxylic acids is 3. The molecule has 188 valence electrons. The molecule has 0 N–H and O–H groups in total. The number of hydrogen-bond acceptors (Lipinski definition) is 4. The molecule has 0 amide bonds. The van der Waals surface area contributed by atoms with Gasteiger partial charge in [-0.05, 0) is 88.0 Å². The maximum Gasteiger partial charge on any atom is 0.226 e. The smallest absolute Gasteiger partial charge is 0.226 e. The van der Waals surface area contributed by atoms with Crippen LogP contribution >= 0.6 is 7.80 Å². The largest absolute Gasteiger partial charge is 0.310 e. The summed E-state index contributed by atoms with van der Waals surface area (Å²) in [6.45, 7) is 17.8. The Morgan fingerprint density at radius 1 is 0.771 bits per heavy atom. The van der Waals surface area contributed by atoms with Gasteiger partial charge in [0.2, 0.25) is 18.8 Å². The molecule has 0 saturated heterocycles. The van der Waals surface area contributed by atoms with Crippen LogP contribution in [0.4, 0.5) is 0 Å². The van der Waals surface area contributed by atoms with E-state index in [1.165, 1.54) is 6.42 Å². The van der Waals surface area contributed by atoms with Gasteiger partial charge in [-0.1, -0.05) is 56.2 Å². The van der Waals surface area contributed by atoms with Gasteiger partial charge in [0.15, 0.2) is 0 Å². The van der Waals surface area contributed by atoms with E-state index in [4.69, 9.17) is 0 Å². The van der Waals surface area contributed by atoms with Crippen molar-refractivity contribution in [3.8, 4) is 0 Å². The number of benzene rings is 2. The summed E-state index contributed by atoms with van der Waals surface area (Å²) in [7, 11) is -3.09. The SMILES string of the molecule is CC12CCC(CC1=O)C2(C)C.Cc1cc(C)c(C(=O)[PH](=O)C(=O)c2c(C)cc(C)cc2C)c(C)c1. The Kier molecular flexibility index (Phi) is 7.49. The molecule has 0 spiro atoms. The van der Waals surface area contributed by atoms with Crippen molar-refractivity contribution in [3.63, 3.8) is 0 Å². The molecular weight excluding hydrogens is 455 g/mol. The summed E-state index contributed by atoms with van der Waals surface area (Å²) in [5.74, 6) is 1.19. The Labute approximate surface area is 210 Å². The number of Topliss-reactive ketones (excluding diaryl/α,β-unsaturated/α-hetero) is 1. The van der Waals surface area contributed by atoms with E-state index >= 15 is 0 Å². The fourth-order valence-corrected chi connectivity index (χ4v) is 7.76. The second-order valence-corrected chi connectivity index (χ2v) is 13.0. The van der Waals surface area contributed by atoms with Gasteiger partial charge in [0, 0.05) is 23.0 Å². The standard InChI is InChI=1S/C20H23O3P.C10H16O/c1-11-7-13(3)17(14(4)8-11)19(21)24(23)20(22)18-15(5)9-12(2)10-16(18)6;1-9(2)7-4-5-10(9,3)8(11)6-7/h7-10,24H,1-6H3;7H,4-6H2,1-3H3. The Morgan fingerprint density at radius 3 is 1.37 bits per heavy atom.